The fourth-order valence-corrected chi connectivity index (χ4v) is 3.40. The molecule has 4 rings (SSSR count). The lowest BCUT2D eigenvalue weighted by Crippen LogP contribution is -2.30. The molecule has 1 amide bonds. The fraction of sp³-hybridized carbons (Fsp3) is 0.333. The molecule has 4 heterocycles. The lowest BCUT2D eigenvalue weighted by molar-refractivity contribution is 0.0732. The van der Waals surface area contributed by atoms with E-state index in [-0.39, 0.29) is 17.5 Å². The molecule has 1 saturated heterocycles. The molecule has 0 aromatic carbocycles. The van der Waals surface area contributed by atoms with Gasteiger partial charge in [0.2, 0.25) is 0 Å². The van der Waals surface area contributed by atoms with Crippen LogP contribution in [0.2, 0.25) is 0 Å². The van der Waals surface area contributed by atoms with E-state index in [2.05, 4.69) is 15.1 Å². The molecule has 1 atom stereocenters. The fourth-order valence-electron chi connectivity index (χ4n) is 3.40. The van der Waals surface area contributed by atoms with Crippen LogP contribution in [0.25, 0.3) is 5.65 Å². The summed E-state index contributed by atoms with van der Waals surface area (Å²) in [6.07, 6.45) is 5.74. The number of fused-ring (bicyclic) bond motifs is 1. The number of rotatable bonds is 3. The van der Waals surface area contributed by atoms with Gasteiger partial charge in [-0.2, -0.15) is 0 Å². The van der Waals surface area contributed by atoms with E-state index in [1.165, 1.54) is 4.52 Å². The van der Waals surface area contributed by atoms with Gasteiger partial charge in [-0.15, -0.1) is 0 Å². The number of hydrogen-bond acceptors (Lipinski definition) is 4. The van der Waals surface area contributed by atoms with Crippen LogP contribution in [-0.2, 0) is 6.42 Å². The Morgan fingerprint density at radius 2 is 2.12 bits per heavy atom. The number of aromatic nitrogens is 4. The highest BCUT2D eigenvalue weighted by Gasteiger charge is 2.32. The van der Waals surface area contributed by atoms with Gasteiger partial charge in [0.15, 0.2) is 5.65 Å². The van der Waals surface area contributed by atoms with Crippen LogP contribution in [0.4, 0.5) is 0 Å². The van der Waals surface area contributed by atoms with Crippen LogP contribution < -0.4 is 5.56 Å². The smallest absolute Gasteiger partial charge is 0.272 e. The van der Waals surface area contributed by atoms with Crippen molar-refractivity contribution < 1.29 is 4.79 Å². The minimum absolute atomic E-state index is 0.0156. The van der Waals surface area contributed by atoms with Crippen molar-refractivity contribution in [1.82, 2.24) is 24.5 Å². The summed E-state index contributed by atoms with van der Waals surface area (Å²) < 4.78 is 1.45. The Hall–Kier alpha value is -2.96. The summed E-state index contributed by atoms with van der Waals surface area (Å²) in [5.74, 6) is -0.0156. The van der Waals surface area contributed by atoms with Crippen LogP contribution in [-0.4, -0.2) is 36.9 Å². The Morgan fingerprint density at radius 3 is 2.88 bits per heavy atom. The number of aromatic amines is 1. The highest BCUT2D eigenvalue weighted by Crippen LogP contribution is 2.32. The summed E-state index contributed by atoms with van der Waals surface area (Å²) in [6.45, 7) is 2.67. The number of H-pyrrole nitrogens is 1. The van der Waals surface area contributed by atoms with Gasteiger partial charge in [0.05, 0.1) is 11.7 Å². The Bertz CT molecular complexity index is 976. The minimum Gasteiger partial charge on any atom is -0.330 e. The molecule has 0 aliphatic carbocycles. The summed E-state index contributed by atoms with van der Waals surface area (Å²) in [6, 6.07) is 6.79. The van der Waals surface area contributed by atoms with E-state index in [1.54, 1.807) is 30.6 Å². The van der Waals surface area contributed by atoms with Crippen LogP contribution in [0.1, 0.15) is 47.6 Å². The maximum Gasteiger partial charge on any atom is 0.272 e. The van der Waals surface area contributed by atoms with Crippen molar-refractivity contribution in [3.05, 3.63) is 64.0 Å². The van der Waals surface area contributed by atoms with E-state index in [0.29, 0.717) is 24.2 Å². The van der Waals surface area contributed by atoms with E-state index in [1.807, 2.05) is 17.9 Å². The molecule has 1 fully saturated rings. The zero-order valence-electron chi connectivity index (χ0n) is 14.0. The van der Waals surface area contributed by atoms with Crippen LogP contribution in [0.15, 0.2) is 41.5 Å². The first kappa shape index (κ1) is 15.6. The topological polar surface area (TPSA) is 83.4 Å². The maximum absolute atomic E-state index is 12.8. The second-order valence-corrected chi connectivity index (χ2v) is 6.24. The lowest BCUT2D eigenvalue weighted by atomic mass is 10.1. The van der Waals surface area contributed by atoms with Crippen molar-refractivity contribution in [1.29, 1.82) is 0 Å². The highest BCUT2D eigenvalue weighted by molar-refractivity contribution is 5.94. The Morgan fingerprint density at radius 1 is 1.32 bits per heavy atom. The van der Waals surface area contributed by atoms with Gasteiger partial charge in [0, 0.05) is 42.3 Å². The number of carbonyl (C=O) groups is 1. The Kier molecular flexibility index (Phi) is 3.83. The molecule has 1 unspecified atom stereocenters. The predicted octanol–water partition coefficient (Wildman–Crippen LogP) is 1.96. The van der Waals surface area contributed by atoms with E-state index in [4.69, 9.17) is 0 Å². The molecule has 0 spiro atoms. The number of hydrogen-bond donors (Lipinski definition) is 1. The van der Waals surface area contributed by atoms with Crippen molar-refractivity contribution >= 4 is 11.6 Å². The van der Waals surface area contributed by atoms with Gasteiger partial charge in [-0.25, -0.2) is 9.50 Å². The van der Waals surface area contributed by atoms with E-state index in [9.17, 15) is 9.59 Å². The summed E-state index contributed by atoms with van der Waals surface area (Å²) in [5, 5.41) is 3.13. The molecule has 7 nitrogen and oxygen atoms in total. The number of nitrogens with zero attached hydrogens (tertiary/aromatic N) is 4. The minimum atomic E-state index is -0.127. The van der Waals surface area contributed by atoms with Crippen LogP contribution >= 0.6 is 0 Å². The predicted molar refractivity (Wildman–Crippen MR) is 92.4 cm³/mol. The molecular formula is C18H19N5O2. The first-order valence-electron chi connectivity index (χ1n) is 8.50. The van der Waals surface area contributed by atoms with Crippen molar-refractivity contribution in [2.75, 3.05) is 6.54 Å². The van der Waals surface area contributed by atoms with Gasteiger partial charge in [-0.1, -0.05) is 6.92 Å². The van der Waals surface area contributed by atoms with Gasteiger partial charge >= 0.3 is 0 Å². The molecule has 128 valence electrons. The first-order valence-corrected chi connectivity index (χ1v) is 8.50. The first-order chi connectivity index (χ1) is 12.2. The number of carbonyl (C=O) groups excluding carboxylic acids is 1. The van der Waals surface area contributed by atoms with Crippen molar-refractivity contribution in [3.63, 3.8) is 0 Å². The number of likely N-dealkylation sites (tertiary alicyclic amines) is 1. The standard InChI is InChI=1S/C18H19N5O2/c1-2-13-10-17(24)23-16(20-13)11-14(21-23)15-4-3-9-22(15)18(25)12-5-7-19-8-6-12/h5-8,10-11,15,21H,2-4,9H2,1H3. The molecular weight excluding hydrogens is 318 g/mol. The maximum atomic E-state index is 12.8. The summed E-state index contributed by atoms with van der Waals surface area (Å²) >= 11 is 0. The zero-order valence-corrected chi connectivity index (χ0v) is 14.0. The largest absolute Gasteiger partial charge is 0.330 e. The Labute approximate surface area is 144 Å². The van der Waals surface area contributed by atoms with E-state index < -0.39 is 0 Å². The van der Waals surface area contributed by atoms with Crippen LogP contribution in [0, 0.1) is 0 Å². The molecule has 0 radical (unpaired) electrons. The van der Waals surface area contributed by atoms with Gasteiger partial charge < -0.3 is 4.90 Å². The summed E-state index contributed by atoms with van der Waals surface area (Å²) in [5.41, 5.74) is 2.71. The number of pyridine rings is 1. The molecule has 1 N–H and O–H groups in total. The molecule has 3 aromatic rings. The van der Waals surface area contributed by atoms with Crippen LogP contribution in [0.5, 0.6) is 0 Å². The lowest BCUT2D eigenvalue weighted by Gasteiger charge is -2.23. The van der Waals surface area contributed by atoms with Crippen LogP contribution in [0.3, 0.4) is 0 Å². The molecule has 1 aliphatic heterocycles. The molecule has 3 aromatic heterocycles. The average Bonchev–Trinajstić information content (AvgIpc) is 3.28. The number of amides is 1. The molecule has 0 bridgehead atoms. The van der Waals surface area contributed by atoms with E-state index >= 15 is 0 Å². The zero-order chi connectivity index (χ0) is 17.4. The molecule has 25 heavy (non-hydrogen) atoms. The third kappa shape index (κ3) is 2.71. The summed E-state index contributed by atoms with van der Waals surface area (Å²) in [4.78, 5) is 35.4. The second-order valence-electron chi connectivity index (χ2n) is 6.24. The van der Waals surface area contributed by atoms with Gasteiger partial charge in [-0.05, 0) is 31.4 Å². The van der Waals surface area contributed by atoms with Crippen molar-refractivity contribution in [3.8, 4) is 0 Å². The third-order valence-corrected chi connectivity index (χ3v) is 4.69. The van der Waals surface area contributed by atoms with Gasteiger partial charge in [0.1, 0.15) is 0 Å². The van der Waals surface area contributed by atoms with Gasteiger partial charge in [0.25, 0.3) is 11.5 Å². The molecule has 7 heteroatoms. The van der Waals surface area contributed by atoms with Crippen molar-refractivity contribution in [2.24, 2.45) is 0 Å². The highest BCUT2D eigenvalue weighted by atomic mass is 16.2. The van der Waals surface area contributed by atoms with Gasteiger partial charge in [-0.3, -0.25) is 19.7 Å². The summed E-state index contributed by atoms with van der Waals surface area (Å²) in [7, 11) is 0. The average molecular weight is 337 g/mol. The third-order valence-electron chi connectivity index (χ3n) is 4.69. The molecule has 0 saturated carbocycles. The van der Waals surface area contributed by atoms with Crippen molar-refractivity contribution in [2.45, 2.75) is 32.2 Å². The SMILES string of the molecule is CCc1cc(=O)n2[nH]c(C3CCCN3C(=O)c3ccncc3)cc2n1. The monoisotopic (exact) mass is 337 g/mol. The number of aryl methyl sites for hydroxylation is 1. The quantitative estimate of drug-likeness (QED) is 0.792. The molecule has 1 aliphatic rings. The Balaban J connectivity index is 1.71. The van der Waals surface area contributed by atoms with E-state index in [0.717, 1.165) is 24.2 Å². The number of nitrogens with one attached hydrogen (secondary N) is 1. The second kappa shape index (κ2) is 6.16. The normalized spacial score (nSPS) is 17.3.